The minimum Gasteiger partial charge on any atom is -0.481 e. The molecule has 0 unspecified atom stereocenters. The van der Waals surface area contributed by atoms with E-state index in [1.807, 2.05) is 39.0 Å². The van der Waals surface area contributed by atoms with E-state index in [2.05, 4.69) is 25.4 Å². The fourth-order valence-corrected chi connectivity index (χ4v) is 2.22. The Balaban J connectivity index is 0. The lowest BCUT2D eigenvalue weighted by atomic mass is 10.2. The molecule has 0 aliphatic carbocycles. The van der Waals surface area contributed by atoms with Crippen LogP contribution in [0.1, 0.15) is 45.1 Å². The molecule has 206 valence electrons. The van der Waals surface area contributed by atoms with Crippen LogP contribution >= 0.6 is 0 Å². The predicted octanol–water partition coefficient (Wildman–Crippen LogP) is 2.45. The van der Waals surface area contributed by atoms with Gasteiger partial charge in [-0.1, -0.05) is 55.1 Å². The normalized spacial score (nSPS) is 9.19. The van der Waals surface area contributed by atoms with Gasteiger partial charge in [0.2, 0.25) is 0 Å². The highest BCUT2D eigenvalue weighted by atomic mass is 16.5. The number of ether oxygens (including phenoxy) is 1. The number of hydrogen-bond acceptors (Lipinski definition) is 8. The molecule has 2 aromatic heterocycles. The average molecular weight is 523 g/mol. The van der Waals surface area contributed by atoms with Crippen LogP contribution in [0.25, 0.3) is 0 Å². The summed E-state index contributed by atoms with van der Waals surface area (Å²) in [6, 6.07) is 9.13. The summed E-state index contributed by atoms with van der Waals surface area (Å²) in [4.78, 5) is 30.5. The maximum absolute atomic E-state index is 10.2. The van der Waals surface area contributed by atoms with Gasteiger partial charge in [0.1, 0.15) is 6.54 Å². The Labute approximate surface area is 216 Å². The number of carbonyl (C=O) groups is 3. The minimum atomic E-state index is -0.905. The van der Waals surface area contributed by atoms with Gasteiger partial charge in [-0.2, -0.15) is 0 Å². The van der Waals surface area contributed by atoms with E-state index in [9.17, 15) is 14.4 Å². The van der Waals surface area contributed by atoms with E-state index in [1.54, 1.807) is 36.3 Å². The third kappa shape index (κ3) is 18.8. The van der Waals surface area contributed by atoms with Gasteiger partial charge in [0.15, 0.2) is 0 Å². The van der Waals surface area contributed by atoms with Crippen molar-refractivity contribution in [2.24, 2.45) is 0 Å². The van der Waals surface area contributed by atoms with E-state index in [0.717, 1.165) is 24.3 Å². The molecule has 3 N–H and O–H groups in total. The Morgan fingerprint density at radius 2 is 1.32 bits per heavy atom. The van der Waals surface area contributed by atoms with Crippen LogP contribution in [0.3, 0.4) is 0 Å². The Morgan fingerprint density at radius 1 is 0.811 bits per heavy atom. The molecule has 0 aliphatic heterocycles. The zero-order valence-corrected chi connectivity index (χ0v) is 20.9. The van der Waals surface area contributed by atoms with Crippen molar-refractivity contribution in [2.75, 3.05) is 13.7 Å². The molecule has 1 aromatic carbocycles. The number of aliphatic carboxylic acids is 3. The minimum absolute atomic E-state index is 0. The fourth-order valence-electron chi connectivity index (χ4n) is 2.22. The first-order valence-corrected chi connectivity index (χ1v) is 11.1. The van der Waals surface area contributed by atoms with Crippen molar-refractivity contribution in [1.82, 2.24) is 30.0 Å². The fraction of sp³-hybridized carbons (Fsp3) is 0.458. The number of benzene rings is 1. The van der Waals surface area contributed by atoms with Gasteiger partial charge in [0.25, 0.3) is 0 Å². The van der Waals surface area contributed by atoms with E-state index in [4.69, 9.17) is 15.3 Å². The molecule has 0 spiro atoms. The second-order valence-corrected chi connectivity index (χ2v) is 6.92. The number of rotatable bonds is 9. The number of aromatic nitrogens is 6. The van der Waals surface area contributed by atoms with Crippen molar-refractivity contribution in [3.05, 3.63) is 59.7 Å². The zero-order chi connectivity index (χ0) is 27.3. The summed E-state index contributed by atoms with van der Waals surface area (Å²) in [6.45, 7) is 7.23. The van der Waals surface area contributed by atoms with Crippen LogP contribution < -0.4 is 0 Å². The first-order valence-electron chi connectivity index (χ1n) is 11.1. The molecule has 0 atom stereocenters. The monoisotopic (exact) mass is 522 g/mol. The lowest BCUT2D eigenvalue weighted by Gasteiger charge is -1.92. The number of carboxylic acid groups (broad SMARTS) is 3. The summed E-state index contributed by atoms with van der Waals surface area (Å²) in [5.74, 6) is -2.57. The first kappa shape index (κ1) is 35.0. The summed E-state index contributed by atoms with van der Waals surface area (Å²) >= 11 is 0. The van der Waals surface area contributed by atoms with E-state index in [1.165, 1.54) is 4.68 Å². The average Bonchev–Trinajstić information content (AvgIpc) is 3.48. The zero-order valence-electron chi connectivity index (χ0n) is 20.9. The van der Waals surface area contributed by atoms with Crippen LogP contribution in [-0.4, -0.2) is 76.9 Å². The second-order valence-electron chi connectivity index (χ2n) is 6.92. The third-order valence-electron chi connectivity index (χ3n) is 3.97. The van der Waals surface area contributed by atoms with E-state index >= 15 is 0 Å². The summed E-state index contributed by atoms with van der Waals surface area (Å²) in [7, 11) is 1.68. The highest BCUT2D eigenvalue weighted by Gasteiger charge is 2.04. The van der Waals surface area contributed by atoms with Crippen molar-refractivity contribution < 1.29 is 34.4 Å². The largest absolute Gasteiger partial charge is 0.481 e. The molecule has 0 saturated heterocycles. The van der Waals surface area contributed by atoms with E-state index in [0.29, 0.717) is 12.2 Å². The maximum Gasteiger partial charge on any atom is 0.325 e. The van der Waals surface area contributed by atoms with Crippen LogP contribution in [0.4, 0.5) is 0 Å². The van der Waals surface area contributed by atoms with Crippen molar-refractivity contribution in [2.45, 2.75) is 60.5 Å². The summed E-state index contributed by atoms with van der Waals surface area (Å²) in [5, 5.41) is 39.8. The Bertz CT molecular complexity index is 965. The highest BCUT2D eigenvalue weighted by Crippen LogP contribution is 1.98. The molecule has 3 aromatic rings. The van der Waals surface area contributed by atoms with Gasteiger partial charge in [-0.15, -0.1) is 10.2 Å². The molecular formula is C24H38N6O7. The predicted molar refractivity (Wildman–Crippen MR) is 136 cm³/mol. The van der Waals surface area contributed by atoms with E-state index < -0.39 is 17.9 Å². The lowest BCUT2D eigenvalue weighted by Crippen LogP contribution is -2.08. The second kappa shape index (κ2) is 21.2. The third-order valence-corrected chi connectivity index (χ3v) is 3.97. The van der Waals surface area contributed by atoms with Gasteiger partial charge in [-0.25, -0.2) is 4.68 Å². The lowest BCUT2D eigenvalue weighted by molar-refractivity contribution is -0.138. The topological polar surface area (TPSA) is 183 Å². The van der Waals surface area contributed by atoms with Crippen LogP contribution in [0.2, 0.25) is 0 Å². The number of aryl methyl sites for hydroxylation is 2. The first-order chi connectivity index (χ1) is 17.1. The van der Waals surface area contributed by atoms with Crippen molar-refractivity contribution in [3.8, 4) is 0 Å². The van der Waals surface area contributed by atoms with Gasteiger partial charge >= 0.3 is 17.9 Å². The van der Waals surface area contributed by atoms with Gasteiger partial charge in [-0.05, 0) is 25.8 Å². The quantitative estimate of drug-likeness (QED) is 0.375. The Hall–Kier alpha value is -4.13. The number of hydrogen-bond donors (Lipinski definition) is 3. The van der Waals surface area contributed by atoms with Crippen LogP contribution in [-0.2, 0) is 51.5 Å². The van der Waals surface area contributed by atoms with Gasteiger partial charge in [0.05, 0.1) is 24.2 Å². The molecule has 0 bridgehead atoms. The summed E-state index contributed by atoms with van der Waals surface area (Å²) < 4.78 is 7.44. The van der Waals surface area contributed by atoms with Crippen LogP contribution in [0.15, 0.2) is 42.7 Å². The molecule has 37 heavy (non-hydrogen) atoms. The molecule has 13 heteroatoms. The van der Waals surface area contributed by atoms with Gasteiger partial charge in [0, 0.05) is 32.7 Å². The molecule has 0 saturated carbocycles. The van der Waals surface area contributed by atoms with Gasteiger partial charge in [-0.3, -0.25) is 19.1 Å². The molecule has 2 heterocycles. The van der Waals surface area contributed by atoms with Crippen molar-refractivity contribution in [1.29, 1.82) is 0 Å². The summed E-state index contributed by atoms with van der Waals surface area (Å²) in [5.41, 5.74) is 2.15. The molecule has 0 radical (unpaired) electrons. The summed E-state index contributed by atoms with van der Waals surface area (Å²) in [6.07, 6.45) is 4.10. The maximum atomic E-state index is 10.2. The van der Waals surface area contributed by atoms with Crippen LogP contribution in [0, 0.1) is 0 Å². The Kier molecular flexibility index (Phi) is 20.1. The van der Waals surface area contributed by atoms with Crippen LogP contribution in [0.5, 0.6) is 0 Å². The standard InChI is InChI=1S/C8H8O2.2C6H9N3O2.C3H8O.CH4/c9-8(10)6-7-4-2-1-3-5-7;1-2-9-4-5(7-8-9)3-6(10)11;1-2-5-3-9(8-7-5)4-6(10)11;1-3-4-2;/h1-5H,6H2,(H,9,10);4H,2-3H2,1H3,(H,10,11);3H,2,4H2,1H3,(H,10,11);3H2,1-2H3;1H4. The molecule has 0 aliphatic rings. The number of carboxylic acids is 3. The molecule has 13 nitrogen and oxygen atoms in total. The molecule has 3 rings (SSSR count). The molecule has 0 fully saturated rings. The number of methoxy groups -OCH3 is 1. The van der Waals surface area contributed by atoms with E-state index in [-0.39, 0.29) is 26.8 Å². The molecule has 0 amide bonds. The Morgan fingerprint density at radius 3 is 1.73 bits per heavy atom. The smallest absolute Gasteiger partial charge is 0.325 e. The SMILES string of the molecule is C.CCOC.CCc1cn(CC(=O)O)nn1.CCn1cc(CC(=O)O)nn1.O=C(O)Cc1ccccc1. The van der Waals surface area contributed by atoms with Crippen molar-refractivity contribution >= 4 is 17.9 Å². The number of nitrogens with zero attached hydrogens (tertiary/aromatic N) is 6. The highest BCUT2D eigenvalue weighted by molar-refractivity contribution is 5.70. The molecular weight excluding hydrogens is 484 g/mol. The van der Waals surface area contributed by atoms with Gasteiger partial charge < -0.3 is 20.1 Å². The van der Waals surface area contributed by atoms with Crippen molar-refractivity contribution in [3.63, 3.8) is 0 Å².